The zero-order valence-electron chi connectivity index (χ0n) is 13.2. The molecule has 0 unspecified atom stereocenters. The summed E-state index contributed by atoms with van der Waals surface area (Å²) in [5.41, 5.74) is 2.81. The summed E-state index contributed by atoms with van der Waals surface area (Å²) in [6, 6.07) is 18.5. The number of aryl methyl sites for hydroxylation is 1. The number of benzene rings is 2. The van der Waals surface area contributed by atoms with Gasteiger partial charge < -0.3 is 15.2 Å². The van der Waals surface area contributed by atoms with Crippen LogP contribution in [0.15, 0.2) is 54.6 Å². The van der Waals surface area contributed by atoms with Crippen molar-refractivity contribution < 1.29 is 9.84 Å². The average molecular weight is 334 g/mol. The number of halogens is 1. The lowest BCUT2D eigenvalue weighted by molar-refractivity contribution is 0.103. The molecule has 3 nitrogen and oxygen atoms in total. The van der Waals surface area contributed by atoms with Crippen LogP contribution in [0.1, 0.15) is 30.0 Å². The minimum atomic E-state index is -0.505. The molecular formula is C19H24ClNO2. The van der Waals surface area contributed by atoms with Gasteiger partial charge in [-0.15, -0.1) is 12.4 Å². The van der Waals surface area contributed by atoms with Crippen molar-refractivity contribution in [3.05, 3.63) is 65.7 Å². The highest BCUT2D eigenvalue weighted by Crippen LogP contribution is 2.29. The maximum atomic E-state index is 10.1. The van der Waals surface area contributed by atoms with E-state index in [0.717, 1.165) is 18.6 Å². The van der Waals surface area contributed by atoms with Gasteiger partial charge in [-0.25, -0.2) is 0 Å². The van der Waals surface area contributed by atoms with Crippen LogP contribution >= 0.6 is 12.4 Å². The molecule has 124 valence electrons. The Kier molecular flexibility index (Phi) is 6.90. The van der Waals surface area contributed by atoms with Crippen molar-refractivity contribution in [3.8, 4) is 5.75 Å². The monoisotopic (exact) mass is 333 g/mol. The number of rotatable bonds is 6. The number of ether oxygens (including phenoxy) is 1. The van der Waals surface area contributed by atoms with Crippen LogP contribution in [-0.2, 0) is 6.42 Å². The lowest BCUT2D eigenvalue weighted by Gasteiger charge is -2.27. The molecule has 0 saturated heterocycles. The molecule has 0 saturated carbocycles. The van der Waals surface area contributed by atoms with E-state index in [1.807, 2.05) is 30.3 Å². The fraction of sp³-hybridized carbons (Fsp3) is 0.368. The highest BCUT2D eigenvalue weighted by molar-refractivity contribution is 5.85. The summed E-state index contributed by atoms with van der Waals surface area (Å²) in [5.74, 6) is 0.796. The minimum absolute atomic E-state index is 0. The molecule has 0 heterocycles. The molecule has 23 heavy (non-hydrogen) atoms. The van der Waals surface area contributed by atoms with Crippen LogP contribution in [0.5, 0.6) is 5.75 Å². The van der Waals surface area contributed by atoms with Crippen molar-refractivity contribution in [3.63, 3.8) is 0 Å². The Morgan fingerprint density at radius 2 is 1.83 bits per heavy atom. The zero-order valence-corrected chi connectivity index (χ0v) is 14.0. The van der Waals surface area contributed by atoms with Crippen LogP contribution in [0.25, 0.3) is 0 Å². The van der Waals surface area contributed by atoms with Crippen molar-refractivity contribution in [2.24, 2.45) is 0 Å². The van der Waals surface area contributed by atoms with Gasteiger partial charge in [0.2, 0.25) is 0 Å². The molecule has 0 spiro atoms. The van der Waals surface area contributed by atoms with Crippen LogP contribution < -0.4 is 10.1 Å². The molecule has 2 atom stereocenters. The van der Waals surface area contributed by atoms with Crippen molar-refractivity contribution in [1.82, 2.24) is 5.32 Å². The second-order valence-corrected chi connectivity index (χ2v) is 5.83. The average Bonchev–Trinajstić information content (AvgIpc) is 2.59. The molecule has 0 radical (unpaired) electrons. The highest BCUT2D eigenvalue weighted by atomic mass is 35.5. The third-order valence-corrected chi connectivity index (χ3v) is 4.15. The topological polar surface area (TPSA) is 41.5 Å². The summed E-state index contributed by atoms with van der Waals surface area (Å²) in [6.45, 7) is 0.858. The summed E-state index contributed by atoms with van der Waals surface area (Å²) in [7, 11) is 0. The number of aliphatic hydroxyl groups is 1. The quantitative estimate of drug-likeness (QED) is 0.850. The fourth-order valence-corrected chi connectivity index (χ4v) is 3.01. The second kappa shape index (κ2) is 8.92. The molecule has 2 N–H and O–H groups in total. The summed E-state index contributed by atoms with van der Waals surface area (Å²) in [6.07, 6.45) is 2.98. The van der Waals surface area contributed by atoms with Crippen molar-refractivity contribution in [1.29, 1.82) is 0 Å². The lowest BCUT2D eigenvalue weighted by atomic mass is 9.88. The van der Waals surface area contributed by atoms with E-state index in [9.17, 15) is 5.11 Å². The van der Waals surface area contributed by atoms with Gasteiger partial charge in [0.05, 0.1) is 0 Å². The first kappa shape index (κ1) is 17.8. The van der Waals surface area contributed by atoms with Gasteiger partial charge in [-0.3, -0.25) is 0 Å². The first-order chi connectivity index (χ1) is 10.8. The van der Waals surface area contributed by atoms with Crippen LogP contribution in [0.2, 0.25) is 0 Å². The van der Waals surface area contributed by atoms with E-state index in [1.165, 1.54) is 17.5 Å². The van der Waals surface area contributed by atoms with E-state index in [1.54, 1.807) is 0 Å². The molecule has 0 fully saturated rings. The number of aliphatic hydroxyl groups excluding tert-OH is 1. The largest absolute Gasteiger partial charge is 0.491 e. The Hall–Kier alpha value is -1.55. The third-order valence-electron chi connectivity index (χ3n) is 4.15. The normalized spacial score (nSPS) is 17.7. The van der Waals surface area contributed by atoms with Gasteiger partial charge >= 0.3 is 0 Å². The SMILES string of the molecule is Cl.O[C@@H](CN[C@@H]1CCCc2ccccc21)COc1ccccc1. The second-order valence-electron chi connectivity index (χ2n) is 5.83. The molecule has 1 aliphatic carbocycles. The predicted octanol–water partition coefficient (Wildman–Crippen LogP) is 3.52. The molecule has 0 aromatic heterocycles. The summed E-state index contributed by atoms with van der Waals surface area (Å²) >= 11 is 0. The van der Waals surface area contributed by atoms with Gasteiger partial charge in [-0.05, 0) is 42.5 Å². The van der Waals surface area contributed by atoms with Gasteiger partial charge in [0.1, 0.15) is 18.5 Å². The number of nitrogens with one attached hydrogen (secondary N) is 1. The highest BCUT2D eigenvalue weighted by Gasteiger charge is 2.20. The maximum Gasteiger partial charge on any atom is 0.119 e. The van der Waals surface area contributed by atoms with E-state index in [4.69, 9.17) is 4.74 Å². The van der Waals surface area contributed by atoms with E-state index >= 15 is 0 Å². The van der Waals surface area contributed by atoms with Crippen molar-refractivity contribution >= 4 is 12.4 Å². The molecule has 0 aliphatic heterocycles. The van der Waals surface area contributed by atoms with E-state index in [2.05, 4.69) is 29.6 Å². The Morgan fingerprint density at radius 3 is 2.65 bits per heavy atom. The molecule has 0 bridgehead atoms. The summed E-state index contributed by atoms with van der Waals surface area (Å²) < 4.78 is 5.59. The Labute approximate surface area is 144 Å². The smallest absolute Gasteiger partial charge is 0.119 e. The lowest BCUT2D eigenvalue weighted by Crippen LogP contribution is -2.35. The van der Waals surface area contributed by atoms with Crippen molar-refractivity contribution in [2.45, 2.75) is 31.4 Å². The number of hydrogen-bond donors (Lipinski definition) is 2. The maximum absolute atomic E-state index is 10.1. The molecule has 2 aromatic carbocycles. The first-order valence-electron chi connectivity index (χ1n) is 8.00. The van der Waals surface area contributed by atoms with Crippen LogP contribution in [0.4, 0.5) is 0 Å². The Bertz CT molecular complexity index is 591. The molecule has 2 aromatic rings. The molecule has 4 heteroatoms. The molecule has 0 amide bonds. The first-order valence-corrected chi connectivity index (χ1v) is 8.00. The third kappa shape index (κ3) is 4.96. The zero-order chi connectivity index (χ0) is 15.2. The fourth-order valence-electron chi connectivity index (χ4n) is 3.01. The number of para-hydroxylation sites is 1. The molecular weight excluding hydrogens is 310 g/mol. The van der Waals surface area contributed by atoms with E-state index < -0.39 is 6.10 Å². The van der Waals surface area contributed by atoms with Gasteiger partial charge in [-0.1, -0.05) is 42.5 Å². The van der Waals surface area contributed by atoms with Crippen LogP contribution in [-0.4, -0.2) is 24.4 Å². The molecule has 1 aliphatic rings. The minimum Gasteiger partial charge on any atom is -0.491 e. The Morgan fingerprint density at radius 1 is 1.09 bits per heavy atom. The van der Waals surface area contributed by atoms with Gasteiger partial charge in [0, 0.05) is 12.6 Å². The Balaban J connectivity index is 0.00000192. The number of hydrogen-bond acceptors (Lipinski definition) is 3. The van der Waals surface area contributed by atoms with E-state index in [-0.39, 0.29) is 12.4 Å². The number of fused-ring (bicyclic) bond motifs is 1. The van der Waals surface area contributed by atoms with Crippen molar-refractivity contribution in [2.75, 3.05) is 13.2 Å². The van der Waals surface area contributed by atoms with Crippen LogP contribution in [0, 0.1) is 0 Å². The summed E-state index contributed by atoms with van der Waals surface area (Å²) in [5, 5.41) is 13.6. The standard InChI is InChI=1S/C19H23NO2.ClH/c21-16(14-22-17-9-2-1-3-10-17)13-20-19-12-6-8-15-7-4-5-11-18(15)19;/h1-5,7,9-11,16,19-21H,6,8,12-14H2;1H/t16-,19+;/m0./s1. The van der Waals surface area contributed by atoms with Crippen LogP contribution in [0.3, 0.4) is 0 Å². The van der Waals surface area contributed by atoms with Gasteiger partial charge in [-0.2, -0.15) is 0 Å². The summed E-state index contributed by atoms with van der Waals surface area (Å²) in [4.78, 5) is 0. The van der Waals surface area contributed by atoms with Gasteiger partial charge in [0.25, 0.3) is 0 Å². The van der Waals surface area contributed by atoms with E-state index in [0.29, 0.717) is 19.2 Å². The predicted molar refractivity (Wildman–Crippen MR) is 95.3 cm³/mol. The van der Waals surface area contributed by atoms with Gasteiger partial charge in [0.15, 0.2) is 0 Å². The molecule has 3 rings (SSSR count).